The number of hydrogen-bond acceptors (Lipinski definition) is 5. The Kier molecular flexibility index (Phi) is 6.85. The Morgan fingerprint density at radius 2 is 1.94 bits per heavy atom. The Morgan fingerprint density at radius 1 is 1.16 bits per heavy atom. The molecule has 3 N–H and O–H groups in total. The fourth-order valence-corrected chi connectivity index (χ4v) is 4.41. The summed E-state index contributed by atoms with van der Waals surface area (Å²) < 4.78 is 14.4. The molecule has 7 heteroatoms. The maximum absolute atomic E-state index is 14.4. The van der Waals surface area contributed by atoms with Gasteiger partial charge in [-0.15, -0.1) is 0 Å². The van der Waals surface area contributed by atoms with Gasteiger partial charge in [-0.1, -0.05) is 24.3 Å². The molecule has 2 saturated heterocycles. The van der Waals surface area contributed by atoms with Crippen LogP contribution in [0, 0.1) is 5.82 Å². The molecule has 0 bridgehead atoms. The summed E-state index contributed by atoms with van der Waals surface area (Å²) in [6, 6.07) is 11.8. The summed E-state index contributed by atoms with van der Waals surface area (Å²) in [5.74, 6) is -0.0390. The molecule has 6 nitrogen and oxygen atoms in total. The molecule has 0 saturated carbocycles. The second-order valence-electron chi connectivity index (χ2n) is 8.64. The van der Waals surface area contributed by atoms with E-state index in [0.29, 0.717) is 30.7 Å². The number of likely N-dealkylation sites (N-methyl/N-ethyl adjacent to an activating group) is 1. The monoisotopic (exact) mass is 426 g/mol. The van der Waals surface area contributed by atoms with Gasteiger partial charge in [-0.3, -0.25) is 9.69 Å². The van der Waals surface area contributed by atoms with Crippen molar-refractivity contribution < 1.29 is 14.3 Å². The van der Waals surface area contributed by atoms with E-state index in [9.17, 15) is 14.3 Å². The molecule has 2 heterocycles. The van der Waals surface area contributed by atoms with Crippen LogP contribution in [-0.2, 0) is 17.9 Å². The first kappa shape index (κ1) is 21.7. The molecule has 2 aromatic rings. The highest BCUT2D eigenvalue weighted by Crippen LogP contribution is 2.27. The summed E-state index contributed by atoms with van der Waals surface area (Å²) in [6.45, 7) is 5.36. The highest BCUT2D eigenvalue weighted by molar-refractivity contribution is 5.77. The van der Waals surface area contributed by atoms with Crippen LogP contribution in [0.1, 0.15) is 35.6 Å². The molecule has 0 aliphatic carbocycles. The number of piperidine rings is 1. The molecule has 0 radical (unpaired) electrons. The van der Waals surface area contributed by atoms with E-state index in [1.54, 1.807) is 24.3 Å². The van der Waals surface area contributed by atoms with Crippen molar-refractivity contribution in [3.63, 3.8) is 0 Å². The van der Waals surface area contributed by atoms with Crippen LogP contribution in [0.25, 0.3) is 0 Å². The second kappa shape index (κ2) is 9.77. The van der Waals surface area contributed by atoms with Gasteiger partial charge in [-0.25, -0.2) is 4.39 Å². The Labute approximate surface area is 183 Å². The van der Waals surface area contributed by atoms with E-state index in [0.717, 1.165) is 43.9 Å². The van der Waals surface area contributed by atoms with Crippen molar-refractivity contribution in [3.05, 3.63) is 65.0 Å². The molecule has 4 rings (SSSR count). The molecule has 2 atom stereocenters. The number of phenolic OH excluding ortho intramolecular Hbond substituents is 1. The number of phenols is 1. The van der Waals surface area contributed by atoms with E-state index < -0.39 is 6.04 Å². The van der Waals surface area contributed by atoms with Crippen molar-refractivity contribution in [2.45, 2.75) is 38.0 Å². The fraction of sp³-hybridized carbons (Fsp3) is 0.458. The quantitative estimate of drug-likeness (QED) is 0.662. The lowest BCUT2D eigenvalue weighted by Gasteiger charge is -2.34. The van der Waals surface area contributed by atoms with Crippen LogP contribution in [0.2, 0.25) is 0 Å². The minimum absolute atomic E-state index is 0.0506. The smallest absolute Gasteiger partial charge is 0.220 e. The summed E-state index contributed by atoms with van der Waals surface area (Å²) in [6.07, 6.45) is 1.07. The van der Waals surface area contributed by atoms with Crippen LogP contribution in [0.5, 0.6) is 5.75 Å². The van der Waals surface area contributed by atoms with E-state index in [2.05, 4.69) is 27.5 Å². The number of carbonyl (C=O) groups excluding carboxylic acids is 1. The van der Waals surface area contributed by atoms with Crippen molar-refractivity contribution in [1.82, 2.24) is 20.4 Å². The molecule has 2 aliphatic rings. The standard InChI is InChI=1S/C24H31FN4O2/c1-28-10-12-29(13-11-28)16-18-14-17(6-8-22(18)30)15-26-21-7-9-23(31)27-24(21)19-4-2-3-5-20(19)25/h2-6,8,14,21,24,26,30H,7,9-13,15-16H2,1H3,(H,27,31)/t21-,24+/m1/s1. The van der Waals surface area contributed by atoms with Crippen LogP contribution >= 0.6 is 0 Å². The average molecular weight is 427 g/mol. The Hall–Kier alpha value is -2.48. The average Bonchev–Trinajstić information content (AvgIpc) is 2.77. The van der Waals surface area contributed by atoms with Crippen LogP contribution in [0.3, 0.4) is 0 Å². The van der Waals surface area contributed by atoms with Crippen LogP contribution in [0.4, 0.5) is 4.39 Å². The SMILES string of the molecule is CN1CCN(Cc2cc(CN[C@@H]3CCC(=O)N[C@H]3c3ccccc3F)ccc2O)CC1. The molecule has 0 aromatic heterocycles. The van der Waals surface area contributed by atoms with Crippen molar-refractivity contribution in [1.29, 1.82) is 0 Å². The van der Waals surface area contributed by atoms with Crippen molar-refractivity contribution in [2.75, 3.05) is 33.2 Å². The number of nitrogens with zero attached hydrogens (tertiary/aromatic N) is 2. The minimum atomic E-state index is -0.399. The number of halogens is 1. The van der Waals surface area contributed by atoms with Gasteiger partial charge in [0, 0.05) is 62.9 Å². The lowest BCUT2D eigenvalue weighted by molar-refractivity contribution is -0.123. The Balaban J connectivity index is 1.43. The fourth-order valence-electron chi connectivity index (χ4n) is 4.41. The summed E-state index contributed by atoms with van der Waals surface area (Å²) in [7, 11) is 2.13. The molecule has 0 spiro atoms. The number of rotatable bonds is 6. The predicted octanol–water partition coefficient (Wildman–Crippen LogP) is 2.39. The third-order valence-corrected chi connectivity index (χ3v) is 6.34. The zero-order chi connectivity index (χ0) is 21.8. The number of aromatic hydroxyl groups is 1. The van der Waals surface area contributed by atoms with Crippen molar-refractivity contribution in [3.8, 4) is 5.75 Å². The maximum atomic E-state index is 14.4. The summed E-state index contributed by atoms with van der Waals surface area (Å²) in [5.41, 5.74) is 2.49. The molecule has 1 amide bonds. The van der Waals surface area contributed by atoms with Crippen molar-refractivity contribution in [2.24, 2.45) is 0 Å². The summed E-state index contributed by atoms with van der Waals surface area (Å²) in [4.78, 5) is 16.6. The minimum Gasteiger partial charge on any atom is -0.508 e. The van der Waals surface area contributed by atoms with Crippen molar-refractivity contribution >= 4 is 5.91 Å². The largest absolute Gasteiger partial charge is 0.508 e. The first-order chi connectivity index (χ1) is 15.0. The number of benzene rings is 2. The van der Waals surface area contributed by atoms with Crippen LogP contribution in [0.15, 0.2) is 42.5 Å². The van der Waals surface area contributed by atoms with Gasteiger partial charge < -0.3 is 20.6 Å². The summed E-state index contributed by atoms with van der Waals surface area (Å²) in [5, 5.41) is 16.8. The number of nitrogens with one attached hydrogen (secondary N) is 2. The maximum Gasteiger partial charge on any atom is 0.220 e. The van der Waals surface area contributed by atoms with Crippen LogP contribution in [-0.4, -0.2) is 60.1 Å². The second-order valence-corrected chi connectivity index (χ2v) is 8.64. The van der Waals surface area contributed by atoms with E-state index in [-0.39, 0.29) is 17.8 Å². The lowest BCUT2D eigenvalue weighted by atomic mass is 9.91. The van der Waals surface area contributed by atoms with E-state index >= 15 is 0 Å². The highest BCUT2D eigenvalue weighted by atomic mass is 19.1. The topological polar surface area (TPSA) is 67.8 Å². The summed E-state index contributed by atoms with van der Waals surface area (Å²) >= 11 is 0. The number of carbonyl (C=O) groups is 1. The number of hydrogen-bond donors (Lipinski definition) is 3. The van der Waals surface area contributed by atoms with Gasteiger partial charge in [0.1, 0.15) is 11.6 Å². The third-order valence-electron chi connectivity index (χ3n) is 6.34. The zero-order valence-corrected chi connectivity index (χ0v) is 18.0. The normalized spacial score (nSPS) is 23.0. The Bertz CT molecular complexity index is 914. The van der Waals surface area contributed by atoms with E-state index in [4.69, 9.17) is 0 Å². The van der Waals surface area contributed by atoms with Gasteiger partial charge in [0.15, 0.2) is 0 Å². The van der Waals surface area contributed by atoms with Gasteiger partial charge in [0.05, 0.1) is 6.04 Å². The molecule has 2 aliphatic heterocycles. The molecular weight excluding hydrogens is 395 g/mol. The highest BCUT2D eigenvalue weighted by Gasteiger charge is 2.31. The lowest BCUT2D eigenvalue weighted by Crippen LogP contribution is -2.48. The van der Waals surface area contributed by atoms with Gasteiger partial charge >= 0.3 is 0 Å². The van der Waals surface area contributed by atoms with Gasteiger partial charge in [0.25, 0.3) is 0 Å². The van der Waals surface area contributed by atoms with Gasteiger partial charge in [0.2, 0.25) is 5.91 Å². The van der Waals surface area contributed by atoms with Crippen LogP contribution < -0.4 is 10.6 Å². The molecule has 0 unspecified atom stereocenters. The first-order valence-corrected chi connectivity index (χ1v) is 11.0. The Morgan fingerprint density at radius 3 is 2.71 bits per heavy atom. The molecule has 166 valence electrons. The molecule has 2 aromatic carbocycles. The number of piperazine rings is 1. The molecule has 31 heavy (non-hydrogen) atoms. The molecular formula is C24H31FN4O2. The zero-order valence-electron chi connectivity index (χ0n) is 18.0. The first-order valence-electron chi connectivity index (χ1n) is 11.0. The van der Waals surface area contributed by atoms with Gasteiger partial charge in [-0.05, 0) is 37.2 Å². The molecule has 2 fully saturated rings. The van der Waals surface area contributed by atoms with Gasteiger partial charge in [-0.2, -0.15) is 0 Å². The van der Waals surface area contributed by atoms with E-state index in [1.807, 2.05) is 12.1 Å². The third kappa shape index (κ3) is 5.42. The number of amides is 1. The van der Waals surface area contributed by atoms with E-state index in [1.165, 1.54) is 6.07 Å². The predicted molar refractivity (Wildman–Crippen MR) is 118 cm³/mol.